The maximum Gasteiger partial charge on any atom is 1.00 e. The molecule has 0 spiro atoms. The van der Waals surface area contributed by atoms with Gasteiger partial charge in [0.25, 0.3) is 0 Å². The summed E-state index contributed by atoms with van der Waals surface area (Å²) in [6.45, 7) is 0.813. The zero-order chi connectivity index (χ0) is 14.7. The first-order valence-corrected chi connectivity index (χ1v) is 6.22. The molecular weight excluding hydrogens is 299 g/mol. The minimum absolute atomic E-state index is 0. The minimum Gasteiger partial charge on any atom is -1.00 e. The van der Waals surface area contributed by atoms with Gasteiger partial charge in [-0.3, -0.25) is 0 Å². The van der Waals surface area contributed by atoms with E-state index in [1.54, 1.807) is 19.2 Å². The fourth-order valence-electron chi connectivity index (χ4n) is 1.90. The molecule has 0 amide bonds. The number of aromatic amines is 1. The predicted octanol–water partition coefficient (Wildman–Crippen LogP) is -1.89. The molecular formula is C13H13N4NaO4. The topological polar surface area (TPSA) is 103 Å². The molecule has 0 aliphatic rings. The standard InChI is InChI=1S/C13H12N4O4.Na.H/c1-19-5-6-20-10-4-2-3-8-7-9(12-14-16-17-15-12)13(18)21-11(8)10;;/h2-4,7H,5-6H2,1H3,(H,14,15,16,17);;/q;+1;-1. The minimum atomic E-state index is -0.549. The molecule has 0 saturated carbocycles. The average molecular weight is 312 g/mol. The summed E-state index contributed by atoms with van der Waals surface area (Å²) in [4.78, 5) is 12.0. The second-order valence-corrected chi connectivity index (χ2v) is 4.20. The van der Waals surface area contributed by atoms with Crippen LogP contribution in [0.5, 0.6) is 5.75 Å². The van der Waals surface area contributed by atoms with Gasteiger partial charge in [-0.05, 0) is 17.3 Å². The average Bonchev–Trinajstić information content (AvgIpc) is 3.01. The summed E-state index contributed by atoms with van der Waals surface area (Å²) in [5.41, 5.74) is 0.0721. The van der Waals surface area contributed by atoms with E-state index in [-0.39, 0.29) is 42.4 Å². The van der Waals surface area contributed by atoms with Crippen molar-refractivity contribution in [3.8, 4) is 17.1 Å². The maximum absolute atomic E-state index is 12.0. The van der Waals surface area contributed by atoms with Crippen LogP contribution in [-0.2, 0) is 4.74 Å². The van der Waals surface area contributed by atoms with Crippen molar-refractivity contribution >= 4 is 11.0 Å². The van der Waals surface area contributed by atoms with Gasteiger partial charge in [0.1, 0.15) is 12.2 Å². The molecule has 0 fully saturated rings. The van der Waals surface area contributed by atoms with Gasteiger partial charge in [0, 0.05) is 12.5 Å². The van der Waals surface area contributed by atoms with E-state index in [1.165, 1.54) is 0 Å². The van der Waals surface area contributed by atoms with Gasteiger partial charge < -0.3 is 15.3 Å². The van der Waals surface area contributed by atoms with Gasteiger partial charge in [-0.25, -0.2) is 4.79 Å². The second-order valence-electron chi connectivity index (χ2n) is 4.20. The first-order chi connectivity index (χ1) is 10.3. The van der Waals surface area contributed by atoms with Crippen LogP contribution in [-0.4, -0.2) is 40.9 Å². The van der Waals surface area contributed by atoms with Crippen LogP contribution in [0.1, 0.15) is 1.43 Å². The number of aromatic nitrogens is 4. The molecule has 0 atom stereocenters. The summed E-state index contributed by atoms with van der Waals surface area (Å²) in [5.74, 6) is 0.678. The smallest absolute Gasteiger partial charge is 1.00 e. The number of methoxy groups -OCH3 is 1. The van der Waals surface area contributed by atoms with E-state index in [9.17, 15) is 4.79 Å². The number of rotatable bonds is 5. The molecule has 0 saturated heterocycles. The summed E-state index contributed by atoms with van der Waals surface area (Å²) < 4.78 is 15.8. The third-order valence-corrected chi connectivity index (χ3v) is 2.86. The van der Waals surface area contributed by atoms with Crippen molar-refractivity contribution in [2.45, 2.75) is 0 Å². The third-order valence-electron chi connectivity index (χ3n) is 2.86. The Balaban J connectivity index is 0.00000132. The monoisotopic (exact) mass is 312 g/mol. The molecule has 3 rings (SSSR count). The van der Waals surface area contributed by atoms with E-state index in [2.05, 4.69) is 20.6 Å². The normalized spacial score (nSPS) is 10.4. The molecule has 0 unspecified atom stereocenters. The molecule has 0 bridgehead atoms. The Kier molecular flexibility index (Phi) is 5.67. The Morgan fingerprint density at radius 2 is 2.23 bits per heavy atom. The third kappa shape index (κ3) is 3.36. The van der Waals surface area contributed by atoms with E-state index in [4.69, 9.17) is 13.9 Å². The number of nitrogens with zero attached hydrogens (tertiary/aromatic N) is 3. The molecule has 0 aliphatic heterocycles. The van der Waals surface area contributed by atoms with Crippen molar-refractivity contribution in [2.75, 3.05) is 20.3 Å². The van der Waals surface area contributed by atoms with Crippen LogP contribution < -0.4 is 39.9 Å². The summed E-state index contributed by atoms with van der Waals surface area (Å²) in [7, 11) is 1.59. The molecule has 22 heavy (non-hydrogen) atoms. The van der Waals surface area contributed by atoms with Crippen LogP contribution in [0.3, 0.4) is 0 Å². The Hall–Kier alpha value is -1.74. The van der Waals surface area contributed by atoms with Crippen molar-refractivity contribution in [3.05, 3.63) is 34.7 Å². The zero-order valence-corrected chi connectivity index (χ0v) is 14.2. The van der Waals surface area contributed by atoms with Crippen molar-refractivity contribution in [1.29, 1.82) is 0 Å². The molecule has 110 valence electrons. The number of benzene rings is 1. The van der Waals surface area contributed by atoms with E-state index < -0.39 is 5.63 Å². The number of tetrazole rings is 1. The molecule has 2 aromatic heterocycles. The number of hydrogen-bond donors (Lipinski definition) is 1. The summed E-state index contributed by atoms with van der Waals surface area (Å²) in [5, 5.41) is 14.0. The fraction of sp³-hybridized carbons (Fsp3) is 0.231. The largest absolute Gasteiger partial charge is 1.00 e. The molecule has 1 N–H and O–H groups in total. The van der Waals surface area contributed by atoms with Gasteiger partial charge in [0.2, 0.25) is 5.82 Å². The van der Waals surface area contributed by atoms with Gasteiger partial charge in [0.05, 0.1) is 6.61 Å². The molecule has 1 aromatic carbocycles. The Morgan fingerprint density at radius 3 is 2.95 bits per heavy atom. The zero-order valence-electron chi connectivity index (χ0n) is 13.2. The van der Waals surface area contributed by atoms with E-state index in [0.29, 0.717) is 29.9 Å². The number of para-hydroxylation sites is 1. The number of fused-ring (bicyclic) bond motifs is 1. The van der Waals surface area contributed by atoms with Crippen LogP contribution >= 0.6 is 0 Å². The van der Waals surface area contributed by atoms with E-state index >= 15 is 0 Å². The van der Waals surface area contributed by atoms with Gasteiger partial charge in [-0.15, -0.1) is 10.2 Å². The van der Waals surface area contributed by atoms with Crippen LogP contribution in [0.4, 0.5) is 0 Å². The second kappa shape index (κ2) is 7.50. The van der Waals surface area contributed by atoms with Gasteiger partial charge >= 0.3 is 35.2 Å². The summed E-state index contributed by atoms with van der Waals surface area (Å²) >= 11 is 0. The Bertz CT molecular complexity index is 809. The quantitative estimate of drug-likeness (QED) is 0.334. The summed E-state index contributed by atoms with van der Waals surface area (Å²) in [6, 6.07) is 7.00. The summed E-state index contributed by atoms with van der Waals surface area (Å²) in [6.07, 6.45) is 0. The molecule has 8 nitrogen and oxygen atoms in total. The van der Waals surface area contributed by atoms with Gasteiger partial charge in [0.15, 0.2) is 11.3 Å². The maximum atomic E-state index is 12.0. The van der Waals surface area contributed by atoms with Crippen molar-refractivity contribution < 1.29 is 44.9 Å². The first kappa shape index (κ1) is 16.6. The molecule has 9 heteroatoms. The molecule has 3 aromatic rings. The number of ether oxygens (including phenoxy) is 2. The van der Waals surface area contributed by atoms with Crippen molar-refractivity contribution in [1.82, 2.24) is 20.6 Å². The number of H-pyrrole nitrogens is 1. The van der Waals surface area contributed by atoms with Crippen molar-refractivity contribution in [2.24, 2.45) is 0 Å². The van der Waals surface area contributed by atoms with Crippen LogP contribution in [0.15, 0.2) is 33.5 Å². The van der Waals surface area contributed by atoms with E-state index in [0.717, 1.165) is 0 Å². The van der Waals surface area contributed by atoms with Gasteiger partial charge in [-0.2, -0.15) is 5.21 Å². The first-order valence-electron chi connectivity index (χ1n) is 6.22. The van der Waals surface area contributed by atoms with Crippen LogP contribution in [0, 0.1) is 0 Å². The molecule has 0 aliphatic carbocycles. The molecule has 2 heterocycles. The number of nitrogens with one attached hydrogen (secondary N) is 1. The predicted molar refractivity (Wildman–Crippen MR) is 74.1 cm³/mol. The number of hydrogen-bond acceptors (Lipinski definition) is 7. The fourth-order valence-corrected chi connectivity index (χ4v) is 1.90. The van der Waals surface area contributed by atoms with E-state index in [1.807, 2.05) is 12.1 Å². The Labute approximate surface area is 148 Å². The molecule has 0 radical (unpaired) electrons. The Morgan fingerprint density at radius 1 is 1.36 bits per heavy atom. The van der Waals surface area contributed by atoms with Crippen LogP contribution in [0.25, 0.3) is 22.4 Å². The van der Waals surface area contributed by atoms with Crippen molar-refractivity contribution in [3.63, 3.8) is 0 Å². The van der Waals surface area contributed by atoms with Gasteiger partial charge in [-0.1, -0.05) is 12.1 Å². The SMILES string of the molecule is COCCOc1cccc2cc(-c3nn[nH]n3)c(=O)oc12.[H-].[Na+]. The van der Waals surface area contributed by atoms with Crippen LogP contribution in [0.2, 0.25) is 0 Å².